The molecule has 3 aromatic rings. The largest absolute Gasteiger partial charge is 0.494 e. The highest BCUT2D eigenvalue weighted by atomic mass is 32.2. The van der Waals surface area contributed by atoms with Crippen molar-refractivity contribution in [3.8, 4) is 5.88 Å². The van der Waals surface area contributed by atoms with Crippen LogP contribution in [0.1, 0.15) is 34.7 Å². The fraction of sp³-hybridized carbons (Fsp3) is 0.208. The molecule has 11 heteroatoms. The van der Waals surface area contributed by atoms with Crippen LogP contribution in [0.3, 0.4) is 0 Å². The average Bonchev–Trinajstić information content (AvgIpc) is 3.13. The zero-order valence-corrected chi connectivity index (χ0v) is 19.7. The van der Waals surface area contributed by atoms with Gasteiger partial charge in [-0.3, -0.25) is 24.4 Å². The average molecular weight is 494 g/mol. The minimum Gasteiger partial charge on any atom is -0.494 e. The molecule has 10 nitrogen and oxygen atoms in total. The van der Waals surface area contributed by atoms with Gasteiger partial charge in [0.15, 0.2) is 5.17 Å². The molecule has 5 N–H and O–H groups in total. The number of H-pyrrole nitrogens is 2. The van der Waals surface area contributed by atoms with Gasteiger partial charge in [-0.15, -0.1) is 0 Å². The smallest absolute Gasteiger partial charge is 0.328 e. The Kier molecular flexibility index (Phi) is 6.87. The predicted molar refractivity (Wildman–Crippen MR) is 134 cm³/mol. The van der Waals surface area contributed by atoms with Crippen LogP contribution < -0.4 is 21.9 Å². The second kappa shape index (κ2) is 10.0. The number of aryl methyl sites for hydroxylation is 2. The lowest BCUT2D eigenvalue weighted by atomic mass is 10.00. The number of thioether (sulfide) groups is 1. The standard InChI is InChI=1S/C24H23N5O5S/c1-12-3-7-14(8-4-12)19(18-21(32)27-23(34)28-22(18)33)26-24-29-20(31)16(35-24)11-17(30)25-15-9-5-13(2)6-10-15/h3-10,16,19H,11H2,1-2H3,(H,25,30)(H,26,29,31)(H3,27,28,32,33,34). The van der Waals surface area contributed by atoms with E-state index in [1.807, 2.05) is 38.1 Å². The van der Waals surface area contributed by atoms with Crippen LogP contribution in [-0.2, 0) is 9.59 Å². The van der Waals surface area contributed by atoms with Crippen LogP contribution in [0.2, 0.25) is 0 Å². The fourth-order valence-electron chi connectivity index (χ4n) is 3.53. The molecule has 1 fully saturated rings. The van der Waals surface area contributed by atoms with Gasteiger partial charge < -0.3 is 15.7 Å². The van der Waals surface area contributed by atoms with Crippen LogP contribution >= 0.6 is 11.8 Å². The lowest BCUT2D eigenvalue weighted by Crippen LogP contribution is -2.29. The van der Waals surface area contributed by atoms with Gasteiger partial charge in [-0.25, -0.2) is 9.79 Å². The van der Waals surface area contributed by atoms with Gasteiger partial charge in [-0.2, -0.15) is 0 Å². The molecular formula is C24H23N5O5S. The summed E-state index contributed by atoms with van der Waals surface area (Å²) in [5, 5.41) is 15.2. The summed E-state index contributed by atoms with van der Waals surface area (Å²) in [6.45, 7) is 3.84. The second-order valence-electron chi connectivity index (χ2n) is 8.13. The molecule has 1 aliphatic rings. The third kappa shape index (κ3) is 5.69. The van der Waals surface area contributed by atoms with Crippen molar-refractivity contribution in [2.45, 2.75) is 31.6 Å². The number of hydrogen-bond acceptors (Lipinski definition) is 7. The van der Waals surface area contributed by atoms with Gasteiger partial charge in [-0.05, 0) is 31.5 Å². The molecule has 180 valence electrons. The molecule has 2 heterocycles. The molecule has 1 saturated heterocycles. The number of nitrogens with one attached hydrogen (secondary N) is 4. The van der Waals surface area contributed by atoms with E-state index in [4.69, 9.17) is 0 Å². The lowest BCUT2D eigenvalue weighted by Gasteiger charge is -2.14. The van der Waals surface area contributed by atoms with Crippen molar-refractivity contribution < 1.29 is 14.7 Å². The highest BCUT2D eigenvalue weighted by molar-refractivity contribution is 8.15. The molecule has 2 amide bonds. The van der Waals surface area contributed by atoms with E-state index in [9.17, 15) is 24.3 Å². The molecule has 0 saturated carbocycles. The Hall–Kier alpha value is -4.12. The zero-order valence-electron chi connectivity index (χ0n) is 18.9. The summed E-state index contributed by atoms with van der Waals surface area (Å²) in [6.07, 6.45) is -0.0803. The third-order valence-electron chi connectivity index (χ3n) is 5.35. The van der Waals surface area contributed by atoms with E-state index in [0.717, 1.165) is 22.9 Å². The summed E-state index contributed by atoms with van der Waals surface area (Å²) < 4.78 is 0. The number of amidine groups is 1. The number of carbonyl (C=O) groups is 2. The number of carbonyl (C=O) groups excluding carboxylic acids is 2. The van der Waals surface area contributed by atoms with Crippen molar-refractivity contribution in [2.24, 2.45) is 4.99 Å². The number of anilines is 1. The Balaban J connectivity index is 1.58. The fourth-order valence-corrected chi connectivity index (χ4v) is 4.52. The van der Waals surface area contributed by atoms with Gasteiger partial charge in [0, 0.05) is 12.1 Å². The van der Waals surface area contributed by atoms with Gasteiger partial charge >= 0.3 is 5.69 Å². The van der Waals surface area contributed by atoms with E-state index in [0.29, 0.717) is 11.3 Å². The first-order valence-electron chi connectivity index (χ1n) is 10.7. The van der Waals surface area contributed by atoms with Crippen LogP contribution in [0, 0.1) is 13.8 Å². The minimum atomic E-state index is -1.01. The van der Waals surface area contributed by atoms with Gasteiger partial charge in [0.2, 0.25) is 17.7 Å². The Morgan fingerprint density at radius 2 is 1.66 bits per heavy atom. The van der Waals surface area contributed by atoms with E-state index >= 15 is 0 Å². The van der Waals surface area contributed by atoms with Crippen molar-refractivity contribution >= 4 is 34.4 Å². The molecule has 35 heavy (non-hydrogen) atoms. The lowest BCUT2D eigenvalue weighted by molar-refractivity contribution is -0.122. The summed E-state index contributed by atoms with van der Waals surface area (Å²) in [7, 11) is 0. The topological polar surface area (TPSA) is 157 Å². The molecule has 2 aromatic carbocycles. The van der Waals surface area contributed by atoms with Gasteiger partial charge in [0.25, 0.3) is 5.56 Å². The predicted octanol–water partition coefficient (Wildman–Crippen LogP) is 2.09. The number of aliphatic imine (C=N–C) groups is 1. The minimum absolute atomic E-state index is 0.0803. The molecule has 0 radical (unpaired) electrons. The maximum Gasteiger partial charge on any atom is 0.328 e. The van der Waals surface area contributed by atoms with Gasteiger partial charge in [0.1, 0.15) is 16.9 Å². The van der Waals surface area contributed by atoms with Crippen LogP contribution in [0.5, 0.6) is 5.88 Å². The number of amides is 2. The first-order valence-corrected chi connectivity index (χ1v) is 11.6. The number of aromatic amines is 2. The highest BCUT2D eigenvalue weighted by Crippen LogP contribution is 2.32. The summed E-state index contributed by atoms with van der Waals surface area (Å²) in [5.74, 6) is -1.33. The quantitative estimate of drug-likeness (QED) is 0.354. The number of hydrogen-bond donors (Lipinski definition) is 5. The first kappa shape index (κ1) is 24.0. The molecule has 0 bridgehead atoms. The normalized spacial score (nSPS) is 17.3. The third-order valence-corrected chi connectivity index (χ3v) is 6.45. The van der Waals surface area contributed by atoms with Crippen LogP contribution in [-0.4, -0.2) is 37.3 Å². The molecule has 1 aromatic heterocycles. The molecule has 0 spiro atoms. The Bertz CT molecular complexity index is 1410. The van der Waals surface area contributed by atoms with E-state index in [1.165, 1.54) is 0 Å². The summed E-state index contributed by atoms with van der Waals surface area (Å²) in [6, 6.07) is 13.4. The van der Waals surface area contributed by atoms with Crippen molar-refractivity contribution in [3.63, 3.8) is 0 Å². The van der Waals surface area contributed by atoms with Crippen molar-refractivity contribution in [1.82, 2.24) is 15.3 Å². The van der Waals surface area contributed by atoms with Crippen molar-refractivity contribution in [3.05, 3.63) is 91.6 Å². The summed E-state index contributed by atoms with van der Waals surface area (Å²) in [4.78, 5) is 57.9. The molecular weight excluding hydrogens is 470 g/mol. The van der Waals surface area contributed by atoms with Gasteiger partial charge in [-0.1, -0.05) is 59.3 Å². The Morgan fingerprint density at radius 1 is 1.03 bits per heavy atom. The SMILES string of the molecule is Cc1ccc(NC(=O)CC2SC(=NC(c3ccc(C)cc3)c3c(O)[nH]c(=O)[nH]c3=O)NC2=O)cc1. The van der Waals surface area contributed by atoms with E-state index in [2.05, 4.69) is 25.6 Å². The monoisotopic (exact) mass is 493 g/mol. The van der Waals surface area contributed by atoms with Crippen LogP contribution in [0.25, 0.3) is 0 Å². The van der Waals surface area contributed by atoms with Gasteiger partial charge in [0.05, 0.1) is 0 Å². The van der Waals surface area contributed by atoms with Crippen molar-refractivity contribution in [1.29, 1.82) is 0 Å². The Morgan fingerprint density at radius 3 is 2.29 bits per heavy atom. The number of aromatic hydroxyl groups is 1. The highest BCUT2D eigenvalue weighted by Gasteiger charge is 2.33. The number of nitrogens with zero attached hydrogens (tertiary/aromatic N) is 1. The van der Waals surface area contributed by atoms with Crippen LogP contribution in [0.4, 0.5) is 5.69 Å². The molecule has 2 atom stereocenters. The first-order chi connectivity index (χ1) is 16.7. The molecule has 2 unspecified atom stereocenters. The molecule has 4 rings (SSSR count). The maximum absolute atomic E-state index is 12.5. The molecule has 0 aliphatic carbocycles. The number of benzene rings is 2. The summed E-state index contributed by atoms with van der Waals surface area (Å²) >= 11 is 1.06. The van der Waals surface area contributed by atoms with E-state index < -0.39 is 34.3 Å². The van der Waals surface area contributed by atoms with E-state index in [1.54, 1.807) is 24.3 Å². The van der Waals surface area contributed by atoms with E-state index in [-0.39, 0.29) is 23.1 Å². The Labute approximate surface area is 203 Å². The maximum atomic E-state index is 12.5. The molecule has 1 aliphatic heterocycles. The number of rotatable bonds is 6. The zero-order chi connectivity index (χ0) is 25.1. The summed E-state index contributed by atoms with van der Waals surface area (Å²) in [5.41, 5.74) is 1.40. The second-order valence-corrected chi connectivity index (χ2v) is 9.32. The van der Waals surface area contributed by atoms with Crippen molar-refractivity contribution in [2.75, 3.05) is 5.32 Å². The van der Waals surface area contributed by atoms with Crippen LogP contribution in [0.15, 0.2) is 63.1 Å². The number of aromatic nitrogens is 2.